The molecule has 0 spiro atoms. The maximum atomic E-state index is 14.1. The van der Waals surface area contributed by atoms with E-state index in [4.69, 9.17) is 24.1 Å². The van der Waals surface area contributed by atoms with Crippen LogP contribution in [0, 0.1) is 33.8 Å². The topological polar surface area (TPSA) is 232 Å². The SMILES string of the molecule is CCC(c1ccc([N+](=O)[O-])cc1)C(CF)N1C=C(CCN(C)C2CC(C)OC(O)C2)NN1.CC[C@H]1OC(=O)C(C)[C@@H](O[C@H]2CC(C)CC(C)O2)[C@H](C)C[C@](C)(O)C[C@@H](C)CN(C)C(C)C(O)[C@]1(C)O.CO. The number of hydrogen-bond donors (Lipinski definition) is 7. The zero-order valence-corrected chi connectivity index (χ0v) is 45.3. The predicted octanol–water partition coefficient (Wildman–Crippen LogP) is 6.15. The second kappa shape index (κ2) is 28.6. The fourth-order valence-corrected chi connectivity index (χ4v) is 11.2. The third-order valence-electron chi connectivity index (χ3n) is 15.0. The molecule has 4 aliphatic heterocycles. The van der Waals surface area contributed by atoms with E-state index in [1.54, 1.807) is 24.1 Å². The number of aliphatic hydroxyl groups excluding tert-OH is 3. The van der Waals surface area contributed by atoms with Crippen molar-refractivity contribution in [3.8, 4) is 0 Å². The molecular formula is C52H93FN6O12. The zero-order valence-electron chi connectivity index (χ0n) is 45.3. The Balaban J connectivity index is 0.000000366. The van der Waals surface area contributed by atoms with Crippen LogP contribution in [0.4, 0.5) is 10.1 Å². The average molecular weight is 1010 g/mol. The molecule has 71 heavy (non-hydrogen) atoms. The first-order chi connectivity index (χ1) is 33.3. The molecule has 0 aliphatic carbocycles. The third-order valence-corrected chi connectivity index (χ3v) is 15.0. The largest absolute Gasteiger partial charge is 0.459 e. The van der Waals surface area contributed by atoms with E-state index in [0.29, 0.717) is 44.6 Å². The molecule has 19 heteroatoms. The van der Waals surface area contributed by atoms with Gasteiger partial charge in [-0.25, -0.2) is 4.39 Å². The van der Waals surface area contributed by atoms with E-state index in [2.05, 4.69) is 29.7 Å². The molecule has 0 radical (unpaired) electrons. The highest BCUT2D eigenvalue weighted by Crippen LogP contribution is 2.36. The first kappa shape index (κ1) is 62.2. The van der Waals surface area contributed by atoms with Crippen LogP contribution >= 0.6 is 0 Å². The van der Waals surface area contributed by atoms with Crippen molar-refractivity contribution in [2.75, 3.05) is 41.0 Å². The quantitative estimate of drug-likeness (QED) is 0.0667. The summed E-state index contributed by atoms with van der Waals surface area (Å²) in [6.07, 6.45) is 4.23. The Kier molecular flexibility index (Phi) is 25.0. The zero-order chi connectivity index (χ0) is 53.5. The Morgan fingerprint density at radius 2 is 1.59 bits per heavy atom. The molecule has 4 heterocycles. The number of rotatable bonds is 13. The summed E-state index contributed by atoms with van der Waals surface area (Å²) in [5, 5.41) is 63.5. The number of nitrogens with zero attached hydrogens (tertiary/aromatic N) is 4. The van der Waals surface area contributed by atoms with Crippen molar-refractivity contribution in [1.82, 2.24) is 25.8 Å². The predicted molar refractivity (Wildman–Crippen MR) is 271 cm³/mol. The lowest BCUT2D eigenvalue weighted by Crippen LogP contribution is -2.59. The highest BCUT2D eigenvalue weighted by Gasteiger charge is 2.47. The van der Waals surface area contributed by atoms with E-state index in [1.165, 1.54) is 19.1 Å². The van der Waals surface area contributed by atoms with E-state index in [0.717, 1.165) is 50.6 Å². The summed E-state index contributed by atoms with van der Waals surface area (Å²) >= 11 is 0. The van der Waals surface area contributed by atoms with Crippen LogP contribution in [0.3, 0.4) is 0 Å². The van der Waals surface area contributed by atoms with Gasteiger partial charge in [-0.3, -0.25) is 19.9 Å². The Bertz CT molecular complexity index is 1760. The molecule has 4 aliphatic rings. The van der Waals surface area contributed by atoms with Gasteiger partial charge in [0.2, 0.25) is 0 Å². The number of benzene rings is 1. The highest BCUT2D eigenvalue weighted by atomic mass is 19.1. The molecule has 5 rings (SSSR count). The lowest BCUT2D eigenvalue weighted by Gasteiger charge is -2.42. The summed E-state index contributed by atoms with van der Waals surface area (Å²) in [4.78, 5) is 28.2. The van der Waals surface area contributed by atoms with Gasteiger partial charge in [-0.2, -0.15) is 0 Å². The molecular weight excluding hydrogens is 920 g/mol. The molecule has 0 saturated carbocycles. The number of nitrogens with one attached hydrogen (secondary N) is 2. The average Bonchev–Trinajstić information content (AvgIpc) is 3.78. The molecule has 3 saturated heterocycles. The van der Waals surface area contributed by atoms with Crippen molar-refractivity contribution in [3.05, 3.63) is 51.8 Å². The molecule has 0 bridgehead atoms. The van der Waals surface area contributed by atoms with Gasteiger partial charge in [0.1, 0.15) is 24.5 Å². The van der Waals surface area contributed by atoms with Gasteiger partial charge < -0.3 is 59.7 Å². The molecule has 10 unspecified atom stereocenters. The van der Waals surface area contributed by atoms with E-state index in [-0.39, 0.29) is 47.7 Å². The molecule has 1 aromatic carbocycles. The van der Waals surface area contributed by atoms with Gasteiger partial charge in [0.15, 0.2) is 12.6 Å². The maximum Gasteiger partial charge on any atom is 0.311 e. The second-order valence-corrected chi connectivity index (χ2v) is 21.7. The number of carbonyl (C=O) groups excluding carboxylic acids is 1. The molecule has 0 amide bonds. The lowest BCUT2D eigenvalue weighted by molar-refractivity contribution is -0.384. The number of aliphatic hydroxyl groups is 5. The molecule has 1 aromatic rings. The van der Waals surface area contributed by atoms with Crippen LogP contribution in [0.5, 0.6) is 0 Å². The number of alkyl halides is 1. The molecule has 17 atom stereocenters. The first-order valence-electron chi connectivity index (χ1n) is 25.9. The number of hydrogen-bond acceptors (Lipinski definition) is 17. The number of non-ortho nitro benzene ring substituents is 1. The number of hydrazine groups is 2. The summed E-state index contributed by atoms with van der Waals surface area (Å²) in [5.41, 5.74) is 5.42. The lowest BCUT2D eigenvalue weighted by atomic mass is 9.80. The normalized spacial score (nSPS) is 36.6. The van der Waals surface area contributed by atoms with Gasteiger partial charge in [-0.1, -0.05) is 46.8 Å². The van der Waals surface area contributed by atoms with E-state index >= 15 is 0 Å². The molecule has 7 N–H and O–H groups in total. The van der Waals surface area contributed by atoms with E-state index < -0.39 is 71.6 Å². The van der Waals surface area contributed by atoms with Crippen LogP contribution in [0.2, 0.25) is 0 Å². The van der Waals surface area contributed by atoms with Crippen molar-refractivity contribution in [2.45, 2.75) is 212 Å². The van der Waals surface area contributed by atoms with Crippen LogP contribution in [0.25, 0.3) is 0 Å². The number of halogens is 1. The van der Waals surface area contributed by atoms with Crippen LogP contribution in [0.1, 0.15) is 145 Å². The van der Waals surface area contributed by atoms with Gasteiger partial charge in [0, 0.05) is 81.5 Å². The minimum absolute atomic E-state index is 0.0270. The van der Waals surface area contributed by atoms with Crippen molar-refractivity contribution < 1.29 is 58.6 Å². The fraction of sp³-hybridized carbons (Fsp3) is 0.827. The number of likely N-dealkylation sites (N-methyl/N-ethyl adjacent to an activating group) is 1. The third kappa shape index (κ3) is 18.1. The minimum Gasteiger partial charge on any atom is -0.459 e. The maximum absolute atomic E-state index is 14.1. The molecule has 18 nitrogen and oxygen atoms in total. The van der Waals surface area contributed by atoms with Crippen molar-refractivity contribution in [3.63, 3.8) is 0 Å². The number of esters is 1. The van der Waals surface area contributed by atoms with Gasteiger partial charge >= 0.3 is 5.97 Å². The highest BCUT2D eigenvalue weighted by molar-refractivity contribution is 5.73. The van der Waals surface area contributed by atoms with Gasteiger partial charge in [-0.05, 0) is 117 Å². The van der Waals surface area contributed by atoms with Crippen LogP contribution in [-0.2, 0) is 23.7 Å². The van der Waals surface area contributed by atoms with Gasteiger partial charge in [0.25, 0.3) is 5.69 Å². The Morgan fingerprint density at radius 3 is 2.15 bits per heavy atom. The Hall–Kier alpha value is -3.08. The van der Waals surface area contributed by atoms with E-state index in [1.807, 2.05) is 73.7 Å². The number of nitro benzene ring substituents is 1. The molecule has 0 aromatic heterocycles. The minimum atomic E-state index is -1.65. The fourth-order valence-electron chi connectivity index (χ4n) is 11.2. The summed E-state index contributed by atoms with van der Waals surface area (Å²) in [6.45, 7) is 22.0. The van der Waals surface area contributed by atoms with Gasteiger partial charge in [-0.15, -0.1) is 5.53 Å². The van der Waals surface area contributed by atoms with Gasteiger partial charge in [0.05, 0.1) is 40.8 Å². The summed E-state index contributed by atoms with van der Waals surface area (Å²) in [7, 11) is 4.95. The summed E-state index contributed by atoms with van der Waals surface area (Å²) in [6, 6.07) is 5.77. The molecule has 410 valence electrons. The van der Waals surface area contributed by atoms with Crippen LogP contribution < -0.4 is 11.0 Å². The van der Waals surface area contributed by atoms with Crippen molar-refractivity contribution in [1.29, 1.82) is 0 Å². The van der Waals surface area contributed by atoms with E-state index in [9.17, 15) is 39.7 Å². The number of carbonyl (C=O) groups is 1. The number of nitro groups is 1. The smallest absolute Gasteiger partial charge is 0.311 e. The summed E-state index contributed by atoms with van der Waals surface area (Å²) in [5.74, 6) is -0.856. The van der Waals surface area contributed by atoms with Crippen LogP contribution in [-0.4, -0.2) is 165 Å². The molecule has 3 fully saturated rings. The summed E-state index contributed by atoms with van der Waals surface area (Å²) < 4.78 is 38.0. The Morgan fingerprint density at radius 1 is 0.958 bits per heavy atom. The Labute approximate surface area is 423 Å². The second-order valence-electron chi connectivity index (χ2n) is 21.7. The number of cyclic esters (lactones) is 1. The van der Waals surface area contributed by atoms with Crippen molar-refractivity contribution in [2.24, 2.45) is 23.7 Å². The monoisotopic (exact) mass is 1010 g/mol. The van der Waals surface area contributed by atoms with Crippen molar-refractivity contribution >= 4 is 11.7 Å². The van der Waals surface area contributed by atoms with Crippen LogP contribution in [0.15, 0.2) is 36.2 Å². The first-order valence-corrected chi connectivity index (χ1v) is 25.9. The number of ether oxygens (including phenoxy) is 4. The standard InChI is InChI=1S/C29H55NO7.C22H34FN5O4.CH4O/c1-11-23-29(9,34)26(31)22(7)30(10)16-18(3)14-28(8,33)15-19(4)25(21(6)27(32)36-23)37-24-13-17(2)12-20(5)35-24;1-4-20(16-5-7-18(8-6-16)28(30)31)21(13-23)27-14-17(24-25-27)9-10-26(3)19-11-15(2)32-22(29)12-19;1-2/h17-26,31,33-34H,11-16H2,1-10H3;5-8,14-15,19-22,24-25,29H,4,9-13H2,1-3H3;2H,1H3/t17?,18-,19-,20?,21?,22?,23-,24+,25+,26?,28-,29-;;/m1../s1.